The van der Waals surface area contributed by atoms with E-state index in [1.165, 1.54) is 6.07 Å². The molecule has 5 nitrogen and oxygen atoms in total. The van der Waals surface area contributed by atoms with Gasteiger partial charge in [-0.1, -0.05) is 55.3 Å². The largest absolute Gasteiger partial charge is 0.480 e. The van der Waals surface area contributed by atoms with Crippen molar-refractivity contribution in [2.75, 3.05) is 13.2 Å². The molecule has 0 radical (unpaired) electrons. The zero-order chi connectivity index (χ0) is 23.2. The zero-order valence-corrected chi connectivity index (χ0v) is 19.0. The van der Waals surface area contributed by atoms with Crippen molar-refractivity contribution < 1.29 is 19.0 Å². The lowest BCUT2D eigenvalue weighted by molar-refractivity contribution is -0.142. The molecule has 0 spiro atoms. The van der Waals surface area contributed by atoms with Crippen LogP contribution in [0.5, 0.6) is 0 Å². The summed E-state index contributed by atoms with van der Waals surface area (Å²) in [5.41, 5.74) is 4.85. The Morgan fingerprint density at radius 3 is 2.45 bits per heavy atom. The van der Waals surface area contributed by atoms with Gasteiger partial charge in [0.25, 0.3) is 0 Å². The van der Waals surface area contributed by atoms with E-state index in [-0.39, 0.29) is 12.4 Å². The molecule has 0 unspecified atom stereocenters. The molecule has 174 valence electrons. The van der Waals surface area contributed by atoms with Crippen molar-refractivity contribution in [3.8, 4) is 22.4 Å². The van der Waals surface area contributed by atoms with E-state index in [4.69, 9.17) is 14.9 Å². The van der Waals surface area contributed by atoms with Crippen molar-refractivity contribution in [3.63, 3.8) is 0 Å². The highest BCUT2D eigenvalue weighted by molar-refractivity contribution is 5.83. The minimum atomic E-state index is -0.912. The number of carbonyl (C=O) groups is 1. The first-order valence-electron chi connectivity index (χ1n) is 11.7. The Balaban J connectivity index is 1.47. The van der Waals surface area contributed by atoms with E-state index >= 15 is 0 Å². The van der Waals surface area contributed by atoms with Crippen LogP contribution in [0.1, 0.15) is 37.8 Å². The molecule has 1 fully saturated rings. The summed E-state index contributed by atoms with van der Waals surface area (Å²) in [4.78, 5) is 10.6. The standard InChI is InChI=1S/C27H31FN2O3/c1-19-26(23-8-5-9-24(28)16-23)27(22-6-3-2-4-7-22)30(29-19)15-14-20-10-12-21(13-11-20)17-33-18-25(31)32/h2-9,16,20-21H,10-15,17-18H2,1H3,(H,31,32). The van der Waals surface area contributed by atoms with Gasteiger partial charge in [-0.05, 0) is 55.7 Å². The Hall–Kier alpha value is -2.99. The number of nitrogens with zero attached hydrogens (tertiary/aromatic N) is 2. The second-order valence-electron chi connectivity index (χ2n) is 8.99. The van der Waals surface area contributed by atoms with E-state index in [1.807, 2.05) is 31.2 Å². The van der Waals surface area contributed by atoms with Crippen LogP contribution in [-0.2, 0) is 16.1 Å². The number of ether oxygens (including phenoxy) is 1. The molecule has 33 heavy (non-hydrogen) atoms. The van der Waals surface area contributed by atoms with Gasteiger partial charge >= 0.3 is 5.97 Å². The summed E-state index contributed by atoms with van der Waals surface area (Å²) in [5, 5.41) is 13.6. The molecule has 1 aliphatic rings. The summed E-state index contributed by atoms with van der Waals surface area (Å²) in [6.45, 7) is 3.12. The Bertz CT molecular complexity index is 1070. The molecule has 3 aromatic rings. The Labute approximate surface area is 194 Å². The van der Waals surface area contributed by atoms with Gasteiger partial charge in [-0.15, -0.1) is 0 Å². The van der Waals surface area contributed by atoms with Gasteiger partial charge in [-0.2, -0.15) is 5.10 Å². The fraction of sp³-hybridized carbons (Fsp3) is 0.407. The van der Waals surface area contributed by atoms with Gasteiger partial charge in [0.2, 0.25) is 0 Å². The second-order valence-corrected chi connectivity index (χ2v) is 8.99. The number of carboxylic acids is 1. The van der Waals surface area contributed by atoms with Crippen LogP contribution < -0.4 is 0 Å². The highest BCUT2D eigenvalue weighted by atomic mass is 19.1. The average Bonchev–Trinajstić information content (AvgIpc) is 3.15. The molecule has 0 saturated heterocycles. The maximum atomic E-state index is 14.0. The van der Waals surface area contributed by atoms with Gasteiger partial charge in [-0.25, -0.2) is 9.18 Å². The molecular weight excluding hydrogens is 419 g/mol. The van der Waals surface area contributed by atoms with Gasteiger partial charge < -0.3 is 9.84 Å². The zero-order valence-electron chi connectivity index (χ0n) is 19.0. The van der Waals surface area contributed by atoms with Crippen LogP contribution in [0.2, 0.25) is 0 Å². The first kappa shape index (κ1) is 23.2. The molecule has 6 heteroatoms. The second kappa shape index (κ2) is 10.8. The minimum Gasteiger partial charge on any atom is -0.480 e. The van der Waals surface area contributed by atoms with E-state index in [9.17, 15) is 9.18 Å². The molecule has 0 bridgehead atoms. The highest BCUT2D eigenvalue weighted by Gasteiger charge is 2.23. The topological polar surface area (TPSA) is 64.4 Å². The summed E-state index contributed by atoms with van der Waals surface area (Å²) in [5.74, 6) is -0.0914. The van der Waals surface area contributed by atoms with Gasteiger partial charge in [0.1, 0.15) is 12.4 Å². The quantitative estimate of drug-likeness (QED) is 0.437. The molecule has 0 atom stereocenters. The number of aliphatic carboxylic acids is 1. The molecule has 1 aliphatic carbocycles. The number of hydrogen-bond acceptors (Lipinski definition) is 3. The summed E-state index contributed by atoms with van der Waals surface area (Å²) in [6, 6.07) is 16.9. The summed E-state index contributed by atoms with van der Waals surface area (Å²) < 4.78 is 21.4. The highest BCUT2D eigenvalue weighted by Crippen LogP contribution is 2.37. The molecule has 1 saturated carbocycles. The number of aromatic nitrogens is 2. The van der Waals surface area contributed by atoms with E-state index in [2.05, 4.69) is 16.8 Å². The lowest BCUT2D eigenvalue weighted by Crippen LogP contribution is -2.21. The predicted octanol–water partition coefficient (Wildman–Crippen LogP) is 5.96. The normalized spacial score (nSPS) is 18.4. The van der Waals surface area contributed by atoms with Crippen LogP contribution in [0.4, 0.5) is 4.39 Å². The van der Waals surface area contributed by atoms with E-state index in [1.54, 1.807) is 12.1 Å². The SMILES string of the molecule is Cc1nn(CCC2CCC(COCC(=O)O)CC2)c(-c2ccccc2)c1-c1cccc(F)c1. The third-order valence-electron chi connectivity index (χ3n) is 6.58. The predicted molar refractivity (Wildman–Crippen MR) is 126 cm³/mol. The van der Waals surface area contributed by atoms with E-state index in [0.717, 1.165) is 66.7 Å². The Morgan fingerprint density at radius 2 is 1.76 bits per heavy atom. The first-order chi connectivity index (χ1) is 16.0. The van der Waals surface area contributed by atoms with Crippen LogP contribution in [0.25, 0.3) is 22.4 Å². The average molecular weight is 451 g/mol. The number of aryl methyl sites for hydroxylation is 2. The molecule has 4 rings (SSSR count). The maximum absolute atomic E-state index is 14.0. The number of hydrogen-bond donors (Lipinski definition) is 1. The molecule has 1 N–H and O–H groups in total. The van der Waals surface area contributed by atoms with Crippen LogP contribution in [0.15, 0.2) is 54.6 Å². The lowest BCUT2D eigenvalue weighted by atomic mass is 9.81. The first-order valence-corrected chi connectivity index (χ1v) is 11.7. The summed E-state index contributed by atoms with van der Waals surface area (Å²) in [6.07, 6.45) is 5.43. The minimum absolute atomic E-state index is 0.214. The number of benzene rings is 2. The Morgan fingerprint density at radius 1 is 1.06 bits per heavy atom. The molecule has 2 aromatic carbocycles. The van der Waals surface area contributed by atoms with Gasteiger partial charge in [0, 0.05) is 17.7 Å². The fourth-order valence-electron chi connectivity index (χ4n) is 4.93. The molecule has 1 aromatic heterocycles. The molecular formula is C27H31FN2O3. The molecule has 1 heterocycles. The van der Waals surface area contributed by atoms with Gasteiger partial charge in [0.15, 0.2) is 0 Å². The van der Waals surface area contributed by atoms with Gasteiger partial charge in [-0.3, -0.25) is 4.68 Å². The summed E-state index contributed by atoms with van der Waals surface area (Å²) >= 11 is 0. The molecule has 0 amide bonds. The molecule has 0 aliphatic heterocycles. The van der Waals surface area contributed by atoms with E-state index in [0.29, 0.717) is 18.4 Å². The number of rotatable bonds is 9. The third kappa shape index (κ3) is 5.88. The monoisotopic (exact) mass is 450 g/mol. The van der Waals surface area contributed by atoms with Crippen molar-refractivity contribution in [3.05, 3.63) is 66.1 Å². The smallest absolute Gasteiger partial charge is 0.329 e. The van der Waals surface area contributed by atoms with Crippen molar-refractivity contribution in [2.24, 2.45) is 11.8 Å². The fourth-order valence-corrected chi connectivity index (χ4v) is 4.93. The van der Waals surface area contributed by atoms with Crippen LogP contribution in [-0.4, -0.2) is 34.1 Å². The number of carboxylic acid groups (broad SMARTS) is 1. The van der Waals surface area contributed by atoms with Crippen molar-refractivity contribution in [1.82, 2.24) is 9.78 Å². The van der Waals surface area contributed by atoms with Crippen LogP contribution in [0, 0.1) is 24.6 Å². The van der Waals surface area contributed by atoms with Crippen LogP contribution >= 0.6 is 0 Å². The Kier molecular flexibility index (Phi) is 7.55. The van der Waals surface area contributed by atoms with Gasteiger partial charge in [0.05, 0.1) is 18.0 Å². The summed E-state index contributed by atoms with van der Waals surface area (Å²) in [7, 11) is 0. The third-order valence-corrected chi connectivity index (χ3v) is 6.58. The van der Waals surface area contributed by atoms with Crippen molar-refractivity contribution in [2.45, 2.75) is 45.6 Å². The van der Waals surface area contributed by atoms with Crippen molar-refractivity contribution >= 4 is 5.97 Å². The number of halogens is 1. The van der Waals surface area contributed by atoms with Crippen LogP contribution in [0.3, 0.4) is 0 Å². The van der Waals surface area contributed by atoms with E-state index < -0.39 is 5.97 Å². The lowest BCUT2D eigenvalue weighted by Gasteiger charge is -2.28. The maximum Gasteiger partial charge on any atom is 0.329 e. The van der Waals surface area contributed by atoms with Crippen molar-refractivity contribution in [1.29, 1.82) is 0 Å².